The molecule has 0 radical (unpaired) electrons. The van der Waals surface area contributed by atoms with Crippen LogP contribution >= 0.6 is 0 Å². The summed E-state index contributed by atoms with van der Waals surface area (Å²) in [5.74, 6) is -1.26. The predicted molar refractivity (Wildman–Crippen MR) is 74.8 cm³/mol. The van der Waals surface area contributed by atoms with Gasteiger partial charge in [-0.1, -0.05) is 0 Å². The Hall–Kier alpha value is -2.13. The number of hydrogen-bond acceptors (Lipinski definition) is 5. The van der Waals surface area contributed by atoms with Crippen LogP contribution in [0.2, 0.25) is 0 Å². The van der Waals surface area contributed by atoms with Crippen molar-refractivity contribution in [1.29, 1.82) is 0 Å². The molecule has 0 saturated heterocycles. The summed E-state index contributed by atoms with van der Waals surface area (Å²) in [4.78, 5) is 22.5. The molecule has 116 valence electrons. The van der Waals surface area contributed by atoms with E-state index in [0.29, 0.717) is 5.69 Å². The molecule has 0 unspecified atom stereocenters. The number of aliphatic hydroxyl groups is 1. The maximum atomic E-state index is 11.6. The minimum Gasteiger partial charge on any atom is -0.480 e. The zero-order valence-electron chi connectivity index (χ0n) is 11.2. The summed E-state index contributed by atoms with van der Waals surface area (Å²) in [5, 5.41) is 22.1. The van der Waals surface area contributed by atoms with E-state index in [0.717, 1.165) is 6.26 Å². The summed E-state index contributed by atoms with van der Waals surface area (Å²) >= 11 is 0. The Morgan fingerprint density at radius 1 is 1.24 bits per heavy atom. The highest BCUT2D eigenvalue weighted by Crippen LogP contribution is 2.13. The lowest BCUT2D eigenvalue weighted by Crippen LogP contribution is -2.43. The van der Waals surface area contributed by atoms with Crippen molar-refractivity contribution in [3.8, 4) is 0 Å². The van der Waals surface area contributed by atoms with Crippen LogP contribution in [0.15, 0.2) is 29.2 Å². The highest BCUT2D eigenvalue weighted by atomic mass is 32.2. The topological polar surface area (TPSA) is 133 Å². The zero-order valence-corrected chi connectivity index (χ0v) is 12.1. The number of aliphatic hydroxyl groups excluding tert-OH is 1. The lowest BCUT2D eigenvalue weighted by Gasteiger charge is -2.14. The van der Waals surface area contributed by atoms with E-state index >= 15 is 0 Å². The van der Waals surface area contributed by atoms with Gasteiger partial charge in [0.05, 0.1) is 4.90 Å². The van der Waals surface area contributed by atoms with Crippen LogP contribution in [0, 0.1) is 0 Å². The number of carbonyl (C=O) groups is 2. The van der Waals surface area contributed by atoms with Gasteiger partial charge in [-0.25, -0.2) is 18.0 Å². The largest absolute Gasteiger partial charge is 0.480 e. The molecule has 21 heavy (non-hydrogen) atoms. The van der Waals surface area contributed by atoms with E-state index in [-0.39, 0.29) is 17.9 Å². The minimum absolute atomic E-state index is 0.108. The molecule has 0 spiro atoms. The summed E-state index contributed by atoms with van der Waals surface area (Å²) in [6.07, 6.45) is 0.949. The Kier molecular flexibility index (Phi) is 5.68. The Labute approximate surface area is 121 Å². The van der Waals surface area contributed by atoms with Crippen LogP contribution < -0.4 is 10.6 Å². The summed E-state index contributed by atoms with van der Waals surface area (Å²) in [6.45, 7) is -0.375. The van der Waals surface area contributed by atoms with Gasteiger partial charge < -0.3 is 20.8 Å². The second kappa shape index (κ2) is 7.04. The monoisotopic (exact) mass is 316 g/mol. The number of aliphatic carboxylic acids is 1. The molecule has 0 aromatic heterocycles. The van der Waals surface area contributed by atoms with Crippen LogP contribution in [0.5, 0.6) is 0 Å². The minimum atomic E-state index is -3.32. The molecule has 0 bridgehead atoms. The first kappa shape index (κ1) is 16.9. The molecule has 0 aliphatic heterocycles. The average Bonchev–Trinajstić information content (AvgIpc) is 2.37. The van der Waals surface area contributed by atoms with Gasteiger partial charge in [-0.2, -0.15) is 0 Å². The first-order chi connectivity index (χ1) is 9.74. The standard InChI is InChI=1S/C12H16N2O6S/c1-21(19,20)9-4-2-8(3-5-9)13-12(18)14-10(6-7-15)11(16)17/h2-5,10,15H,6-7H2,1H3,(H,16,17)(H2,13,14,18)/t10-/m0/s1. The fraction of sp³-hybridized carbons (Fsp3) is 0.333. The first-order valence-corrected chi connectivity index (χ1v) is 7.84. The van der Waals surface area contributed by atoms with Crippen molar-refractivity contribution in [1.82, 2.24) is 5.32 Å². The summed E-state index contributed by atoms with van der Waals surface area (Å²) in [5.41, 5.74) is 0.313. The Morgan fingerprint density at radius 3 is 2.24 bits per heavy atom. The van der Waals surface area contributed by atoms with Gasteiger partial charge >= 0.3 is 12.0 Å². The van der Waals surface area contributed by atoms with Crippen molar-refractivity contribution in [2.24, 2.45) is 0 Å². The second-order valence-corrected chi connectivity index (χ2v) is 6.31. The van der Waals surface area contributed by atoms with Crippen LogP contribution in [-0.2, 0) is 14.6 Å². The van der Waals surface area contributed by atoms with Crippen molar-refractivity contribution in [2.75, 3.05) is 18.2 Å². The van der Waals surface area contributed by atoms with Crippen molar-refractivity contribution in [2.45, 2.75) is 17.4 Å². The number of carboxylic acid groups (broad SMARTS) is 1. The van der Waals surface area contributed by atoms with Gasteiger partial charge in [0.1, 0.15) is 6.04 Å². The van der Waals surface area contributed by atoms with Crippen molar-refractivity contribution in [3.05, 3.63) is 24.3 Å². The van der Waals surface area contributed by atoms with Gasteiger partial charge in [0, 0.05) is 25.0 Å². The number of carboxylic acids is 1. The fourth-order valence-electron chi connectivity index (χ4n) is 1.50. The molecule has 8 nitrogen and oxygen atoms in total. The molecule has 1 atom stereocenters. The molecule has 0 fully saturated rings. The number of anilines is 1. The van der Waals surface area contributed by atoms with E-state index in [4.69, 9.17) is 10.2 Å². The predicted octanol–water partition coefficient (Wildman–Crippen LogP) is 0.0472. The molecule has 2 amide bonds. The average molecular weight is 316 g/mol. The van der Waals surface area contributed by atoms with Crippen molar-refractivity contribution < 1.29 is 28.2 Å². The maximum absolute atomic E-state index is 11.6. The molecule has 0 saturated carbocycles. The molecule has 1 aromatic rings. The molecular weight excluding hydrogens is 300 g/mol. The molecule has 9 heteroatoms. The Bertz CT molecular complexity index is 611. The third-order valence-corrected chi connectivity index (χ3v) is 3.69. The van der Waals surface area contributed by atoms with Gasteiger partial charge in [-0.3, -0.25) is 0 Å². The lowest BCUT2D eigenvalue weighted by atomic mass is 10.2. The quantitative estimate of drug-likeness (QED) is 0.586. The van der Waals surface area contributed by atoms with E-state index in [9.17, 15) is 18.0 Å². The number of rotatable bonds is 6. The maximum Gasteiger partial charge on any atom is 0.326 e. The van der Waals surface area contributed by atoms with E-state index in [1.165, 1.54) is 24.3 Å². The fourth-order valence-corrected chi connectivity index (χ4v) is 2.13. The number of benzene rings is 1. The zero-order chi connectivity index (χ0) is 16.0. The number of nitrogens with one attached hydrogen (secondary N) is 2. The molecule has 0 aliphatic rings. The number of sulfone groups is 1. The SMILES string of the molecule is CS(=O)(=O)c1ccc(NC(=O)N[C@@H](CCO)C(=O)O)cc1. The van der Waals surface area contributed by atoms with E-state index < -0.39 is 27.9 Å². The van der Waals surface area contributed by atoms with Gasteiger partial charge in [0.15, 0.2) is 9.84 Å². The molecule has 0 heterocycles. The number of carbonyl (C=O) groups excluding carboxylic acids is 1. The number of urea groups is 1. The molecule has 1 rings (SSSR count). The van der Waals surface area contributed by atoms with E-state index in [1.54, 1.807) is 0 Å². The normalized spacial score (nSPS) is 12.5. The Morgan fingerprint density at radius 2 is 1.81 bits per heavy atom. The lowest BCUT2D eigenvalue weighted by molar-refractivity contribution is -0.139. The number of hydrogen-bond donors (Lipinski definition) is 4. The smallest absolute Gasteiger partial charge is 0.326 e. The van der Waals surface area contributed by atoms with Crippen LogP contribution in [0.1, 0.15) is 6.42 Å². The molecule has 0 aliphatic carbocycles. The third kappa shape index (κ3) is 5.40. The molecule has 1 aromatic carbocycles. The summed E-state index contributed by atoms with van der Waals surface area (Å²) in [6, 6.07) is 3.46. The van der Waals surface area contributed by atoms with Gasteiger partial charge in [-0.15, -0.1) is 0 Å². The van der Waals surface area contributed by atoms with Crippen molar-refractivity contribution in [3.63, 3.8) is 0 Å². The summed E-state index contributed by atoms with van der Waals surface area (Å²) < 4.78 is 22.5. The highest BCUT2D eigenvalue weighted by molar-refractivity contribution is 7.90. The van der Waals surface area contributed by atoms with Gasteiger partial charge in [0.2, 0.25) is 0 Å². The van der Waals surface area contributed by atoms with Gasteiger partial charge in [-0.05, 0) is 24.3 Å². The molecular formula is C12H16N2O6S. The van der Waals surface area contributed by atoms with E-state index in [2.05, 4.69) is 10.6 Å². The molecule has 4 N–H and O–H groups in total. The summed E-state index contributed by atoms with van der Waals surface area (Å²) in [7, 11) is -3.32. The third-order valence-electron chi connectivity index (χ3n) is 2.56. The second-order valence-electron chi connectivity index (χ2n) is 4.30. The number of amides is 2. The first-order valence-electron chi connectivity index (χ1n) is 5.95. The van der Waals surface area contributed by atoms with Gasteiger partial charge in [0.25, 0.3) is 0 Å². The van der Waals surface area contributed by atoms with Crippen LogP contribution in [0.4, 0.5) is 10.5 Å². The van der Waals surface area contributed by atoms with Crippen molar-refractivity contribution >= 4 is 27.5 Å². The highest BCUT2D eigenvalue weighted by Gasteiger charge is 2.19. The van der Waals surface area contributed by atoms with Crippen LogP contribution in [0.25, 0.3) is 0 Å². The van der Waals surface area contributed by atoms with E-state index in [1.807, 2.05) is 0 Å². The Balaban J connectivity index is 2.68. The van der Waals surface area contributed by atoms with Crippen LogP contribution in [0.3, 0.4) is 0 Å². The van der Waals surface area contributed by atoms with Crippen LogP contribution in [-0.4, -0.2) is 49.5 Å².